The lowest BCUT2D eigenvalue weighted by Crippen LogP contribution is -2.25. The normalized spacial score (nSPS) is 17.3. The van der Waals surface area contributed by atoms with Gasteiger partial charge in [-0.2, -0.15) is 0 Å². The van der Waals surface area contributed by atoms with E-state index in [9.17, 15) is 0 Å². The molecule has 0 radical (unpaired) electrons. The highest BCUT2D eigenvalue weighted by Crippen LogP contribution is 2.57. The molecule has 0 nitrogen and oxygen atoms in total. The maximum absolute atomic E-state index is 2.51. The summed E-state index contributed by atoms with van der Waals surface area (Å²) in [6.45, 7) is 9.57. The van der Waals surface area contributed by atoms with Gasteiger partial charge in [0.2, 0.25) is 0 Å². The molecule has 2 aliphatic carbocycles. The smallest absolute Gasteiger partial charge is 0.0227 e. The van der Waals surface area contributed by atoms with Crippen molar-refractivity contribution in [3.05, 3.63) is 182 Å². The van der Waals surface area contributed by atoms with Gasteiger partial charge in [-0.15, -0.1) is 0 Å². The lowest BCUT2D eigenvalue weighted by molar-refractivity contribution is 0.583. The van der Waals surface area contributed by atoms with Gasteiger partial charge in [0, 0.05) is 10.8 Å². The Balaban J connectivity index is 1.19. The summed E-state index contributed by atoms with van der Waals surface area (Å²) in [6, 6.07) is 50.9. The zero-order valence-corrected chi connectivity index (χ0v) is 31.7. The molecule has 0 saturated carbocycles. The van der Waals surface area contributed by atoms with Gasteiger partial charge in [-0.25, -0.2) is 0 Å². The van der Waals surface area contributed by atoms with Crippen LogP contribution >= 0.6 is 20.7 Å². The molecule has 1 aliphatic heterocycles. The second kappa shape index (κ2) is 11.3. The monoisotopic (exact) mass is 766 g/mol. The van der Waals surface area contributed by atoms with Crippen molar-refractivity contribution < 1.29 is 0 Å². The van der Waals surface area contributed by atoms with Crippen LogP contribution in [0.1, 0.15) is 65.3 Å². The van der Waals surface area contributed by atoms with Crippen molar-refractivity contribution in [2.45, 2.75) is 44.9 Å². The van der Waals surface area contributed by atoms with E-state index < -0.39 is 0 Å². The average Bonchev–Trinajstić information content (AvgIpc) is 3.55. The summed E-state index contributed by atoms with van der Waals surface area (Å²) in [7, 11) is 0. The average molecular weight is 767 g/mol. The molecule has 0 aromatic heterocycles. The van der Waals surface area contributed by atoms with Gasteiger partial charge in [0.1, 0.15) is 0 Å². The molecule has 1 atom stereocenters. The van der Waals surface area contributed by atoms with Crippen molar-refractivity contribution in [2.24, 2.45) is 0 Å². The molecule has 246 valence electrons. The first-order valence-electron chi connectivity index (χ1n) is 18.1. The highest BCUT2D eigenvalue weighted by Gasteiger charge is 2.43. The highest BCUT2D eigenvalue weighted by molar-refractivity contribution is 14.2. The molecule has 0 N–H and O–H groups in total. The third-order valence-electron chi connectivity index (χ3n) is 12.0. The van der Waals surface area contributed by atoms with Crippen molar-refractivity contribution in [3.63, 3.8) is 0 Å². The molecule has 1 unspecified atom stereocenters. The Morgan fingerprint density at radius 3 is 2.18 bits per heavy atom. The maximum Gasteiger partial charge on any atom is 0.0227 e. The van der Waals surface area contributed by atoms with Crippen molar-refractivity contribution in [2.75, 3.05) is 0 Å². The first-order valence-corrected chi connectivity index (χ1v) is 20.6. The van der Waals surface area contributed by atoms with E-state index in [1.54, 1.807) is 0 Å². The number of benzene rings is 7. The van der Waals surface area contributed by atoms with E-state index in [0.29, 0.717) is 0 Å². The molecule has 3 aliphatic rings. The molecule has 10 rings (SSSR count). The van der Waals surface area contributed by atoms with Crippen LogP contribution in [0.15, 0.2) is 138 Å². The predicted molar refractivity (Wildman–Crippen MR) is 227 cm³/mol. The third-order valence-corrected chi connectivity index (χ3v) is 13.8. The molecule has 7 aromatic rings. The zero-order chi connectivity index (χ0) is 34.5. The molecule has 0 amide bonds. The van der Waals surface area contributed by atoms with E-state index >= 15 is 0 Å². The summed E-state index contributed by atoms with van der Waals surface area (Å²) in [5.74, 6) is 0. The molecular formula is C50H39I. The van der Waals surface area contributed by atoms with Crippen molar-refractivity contribution in [1.82, 2.24) is 0 Å². The minimum atomic E-state index is -0.202. The Morgan fingerprint density at radius 1 is 0.569 bits per heavy atom. The molecule has 0 bridgehead atoms. The van der Waals surface area contributed by atoms with Crippen molar-refractivity contribution in [3.8, 4) is 44.5 Å². The number of hydrogen-bond acceptors (Lipinski definition) is 0. The van der Waals surface area contributed by atoms with Gasteiger partial charge in [-0.1, -0.05) is 174 Å². The van der Waals surface area contributed by atoms with Crippen LogP contribution in [-0.4, -0.2) is 4.01 Å². The highest BCUT2D eigenvalue weighted by atomic mass is 127. The lowest BCUT2D eigenvalue weighted by atomic mass is 9.72. The van der Waals surface area contributed by atoms with Crippen LogP contribution in [0.5, 0.6) is 0 Å². The predicted octanol–water partition coefficient (Wildman–Crippen LogP) is 13.4. The quantitative estimate of drug-likeness (QED) is 0.157. The van der Waals surface area contributed by atoms with Gasteiger partial charge in [0.05, 0.1) is 0 Å². The fourth-order valence-electron chi connectivity index (χ4n) is 9.61. The Labute approximate surface area is 311 Å². The fraction of sp³-hybridized carbons (Fsp3) is 0.140. The molecule has 1 heterocycles. The zero-order valence-electron chi connectivity index (χ0n) is 29.5. The Bertz CT molecular complexity index is 2670. The Kier molecular flexibility index (Phi) is 6.86. The number of fused-ring (bicyclic) bond motifs is 8. The summed E-state index contributed by atoms with van der Waals surface area (Å²) in [5.41, 5.74) is 21.8. The third kappa shape index (κ3) is 4.53. The second-order valence-electron chi connectivity index (χ2n) is 15.4. The fourth-order valence-corrected chi connectivity index (χ4v) is 11.3. The topological polar surface area (TPSA) is 0 Å². The summed E-state index contributed by atoms with van der Waals surface area (Å²) < 4.78 is 4.87. The summed E-state index contributed by atoms with van der Waals surface area (Å²) in [4.78, 5) is 0. The van der Waals surface area contributed by atoms with Gasteiger partial charge >= 0.3 is 0 Å². The molecule has 1 heteroatoms. The molecule has 7 aromatic carbocycles. The van der Waals surface area contributed by atoms with Gasteiger partial charge in [-0.3, -0.25) is 0 Å². The SMILES string of the molecule is Cc1ccc2cccc(-c3ccc4c(c3)C(C)(Cc3ccc(-c5cccc6c5C=CI=C6)c5c3-c3ccccc3C5(C)C)c3ccccc3-4)c2c1. The van der Waals surface area contributed by atoms with Crippen LogP contribution < -0.4 is 0 Å². The van der Waals surface area contributed by atoms with Crippen LogP contribution in [0.25, 0.3) is 61.4 Å². The van der Waals surface area contributed by atoms with Crippen LogP contribution in [0.3, 0.4) is 0 Å². The van der Waals surface area contributed by atoms with E-state index in [1.165, 1.54) is 99.8 Å². The lowest BCUT2D eigenvalue weighted by Gasteiger charge is -2.31. The first kappa shape index (κ1) is 30.9. The van der Waals surface area contributed by atoms with E-state index in [4.69, 9.17) is 0 Å². The second-order valence-corrected chi connectivity index (χ2v) is 17.4. The molecule has 0 fully saturated rings. The standard InChI is InChI=1S/C50H39I/c1-31-19-20-32-11-9-15-36(43(32)27-31)33-21-23-40-39-13-5-8-18-45(39)50(4,46(40)28-33)29-34-22-24-41(38-16-10-12-35-30-51-26-25-37(35)38)48-47(34)42-14-6-7-17-44(42)49(48,2)3/h5-28,30H,29H2,1-4H3. The number of aryl methyl sites for hydroxylation is 1. The maximum atomic E-state index is 2.51. The van der Waals surface area contributed by atoms with Crippen molar-refractivity contribution in [1.29, 1.82) is 0 Å². The minimum Gasteiger partial charge on any atom is -0.0931 e. The van der Waals surface area contributed by atoms with E-state index in [0.717, 1.165) is 6.42 Å². The molecular weight excluding hydrogens is 727 g/mol. The largest absolute Gasteiger partial charge is 0.0931 e. The summed E-state index contributed by atoms with van der Waals surface area (Å²) >= 11 is -0.0174. The number of rotatable bonds is 4. The van der Waals surface area contributed by atoms with Crippen LogP contribution in [0, 0.1) is 6.92 Å². The summed E-state index contributed by atoms with van der Waals surface area (Å²) in [6.07, 6.45) is 3.31. The van der Waals surface area contributed by atoms with Gasteiger partial charge in [0.25, 0.3) is 0 Å². The number of hydrogen-bond donors (Lipinski definition) is 0. The Hall–Kier alpha value is -4.86. The van der Waals surface area contributed by atoms with Gasteiger partial charge < -0.3 is 0 Å². The molecule has 0 saturated heterocycles. The molecule has 0 spiro atoms. The molecule has 51 heavy (non-hydrogen) atoms. The number of halogens is 1. The Morgan fingerprint density at radius 2 is 1.29 bits per heavy atom. The van der Waals surface area contributed by atoms with E-state index in [1.807, 2.05) is 0 Å². The summed E-state index contributed by atoms with van der Waals surface area (Å²) in [5, 5.41) is 2.61. The van der Waals surface area contributed by atoms with Crippen LogP contribution in [-0.2, 0) is 17.3 Å². The first-order chi connectivity index (χ1) is 24.8. The van der Waals surface area contributed by atoms with Crippen LogP contribution in [0.4, 0.5) is 0 Å². The van der Waals surface area contributed by atoms with Crippen LogP contribution in [0.2, 0.25) is 0 Å². The van der Waals surface area contributed by atoms with E-state index in [2.05, 4.69) is 175 Å². The minimum absolute atomic E-state index is 0.0174. The van der Waals surface area contributed by atoms with E-state index in [-0.39, 0.29) is 31.6 Å². The van der Waals surface area contributed by atoms with Gasteiger partial charge in [0.15, 0.2) is 0 Å². The van der Waals surface area contributed by atoms with Crippen molar-refractivity contribution >= 4 is 41.6 Å². The van der Waals surface area contributed by atoms with Gasteiger partial charge in [-0.05, 0) is 128 Å².